The Morgan fingerprint density at radius 2 is 1.75 bits per heavy atom. The van der Waals surface area contributed by atoms with Crippen molar-refractivity contribution >= 4 is 5.97 Å². The summed E-state index contributed by atoms with van der Waals surface area (Å²) in [6.45, 7) is 21.1. The van der Waals surface area contributed by atoms with Crippen molar-refractivity contribution in [3.05, 3.63) is 75.9 Å². The first-order valence-electron chi connectivity index (χ1n) is 16.5. The molecule has 1 saturated heterocycles. The van der Waals surface area contributed by atoms with Crippen LogP contribution in [-0.2, 0) is 20.7 Å². The first kappa shape index (κ1) is 34.0. The van der Waals surface area contributed by atoms with Crippen molar-refractivity contribution < 1.29 is 23.8 Å². The second-order valence-corrected chi connectivity index (χ2v) is 14.6. The molecule has 2 saturated carbocycles. The highest BCUT2D eigenvalue weighted by Gasteiger charge is 2.60. The van der Waals surface area contributed by atoms with Crippen molar-refractivity contribution in [1.82, 2.24) is 0 Å². The van der Waals surface area contributed by atoms with Gasteiger partial charge in [-0.05, 0) is 101 Å². The molecule has 44 heavy (non-hydrogen) atoms. The van der Waals surface area contributed by atoms with E-state index in [0.717, 1.165) is 44.1 Å². The van der Waals surface area contributed by atoms with Gasteiger partial charge in [0.05, 0.1) is 17.3 Å². The molecule has 0 radical (unpaired) electrons. The summed E-state index contributed by atoms with van der Waals surface area (Å²) in [7, 11) is 0. The van der Waals surface area contributed by atoms with Crippen LogP contribution in [0, 0.1) is 42.4 Å². The molecular weight excluding hydrogens is 552 g/mol. The first-order chi connectivity index (χ1) is 20.6. The summed E-state index contributed by atoms with van der Waals surface area (Å²) >= 11 is 0. The lowest BCUT2D eigenvalue weighted by molar-refractivity contribution is -0.204. The van der Waals surface area contributed by atoms with E-state index in [1.54, 1.807) is 19.9 Å². The smallest absolute Gasteiger partial charge is 0.342 e. The number of aromatic hydroxyl groups is 1. The van der Waals surface area contributed by atoms with Crippen molar-refractivity contribution in [3.63, 3.8) is 0 Å². The summed E-state index contributed by atoms with van der Waals surface area (Å²) in [6.07, 6.45) is 17.6. The third-order valence-electron chi connectivity index (χ3n) is 11.5. The number of rotatable bonds is 8. The number of fused-ring (bicyclic) bond motifs is 3. The van der Waals surface area contributed by atoms with Crippen molar-refractivity contribution in [2.75, 3.05) is 0 Å². The first-order valence-corrected chi connectivity index (χ1v) is 16.5. The normalized spacial score (nSPS) is 32.9. The summed E-state index contributed by atoms with van der Waals surface area (Å²) in [4.78, 5) is 25.8. The van der Waals surface area contributed by atoms with Crippen molar-refractivity contribution in [2.45, 2.75) is 125 Å². The maximum absolute atomic E-state index is 12.9. The Labute approximate surface area is 264 Å². The number of hydrogen-bond acceptors (Lipinski definition) is 6. The van der Waals surface area contributed by atoms with Gasteiger partial charge in [0.1, 0.15) is 17.6 Å². The topological polar surface area (TPSA) is 86.0 Å². The Morgan fingerprint density at radius 1 is 1.07 bits per heavy atom. The molecule has 6 nitrogen and oxygen atoms in total. The van der Waals surface area contributed by atoms with Crippen LogP contribution in [0.4, 0.5) is 0 Å². The Kier molecular flexibility index (Phi) is 10.2. The monoisotopic (exact) mass is 606 g/mol. The maximum atomic E-state index is 12.9. The fourth-order valence-corrected chi connectivity index (χ4v) is 8.29. The highest BCUT2D eigenvalue weighted by Crippen LogP contribution is 2.64. The number of carbonyl (C=O) groups excluding carboxylic acids is 1. The largest absolute Gasteiger partial charge is 0.507 e. The third-order valence-corrected chi connectivity index (χ3v) is 11.5. The maximum Gasteiger partial charge on any atom is 0.342 e. The van der Waals surface area contributed by atoms with E-state index < -0.39 is 11.2 Å². The Balaban J connectivity index is 1.53. The van der Waals surface area contributed by atoms with Crippen molar-refractivity contribution in [2.24, 2.45) is 28.6 Å². The van der Waals surface area contributed by atoms with Gasteiger partial charge in [-0.1, -0.05) is 76.6 Å². The summed E-state index contributed by atoms with van der Waals surface area (Å²) in [6, 6.07) is 0. The molecule has 0 bridgehead atoms. The number of ether oxygens (including phenoxy) is 2. The van der Waals surface area contributed by atoms with Gasteiger partial charge in [-0.3, -0.25) is 0 Å². The van der Waals surface area contributed by atoms with E-state index in [0.29, 0.717) is 41.6 Å². The molecule has 4 rings (SSSR count). The average molecular weight is 607 g/mol. The molecule has 3 aliphatic rings. The number of hydrogen-bond donors (Lipinski definition) is 1. The zero-order valence-electron chi connectivity index (χ0n) is 28.2. The molecule has 1 aromatic rings. The van der Waals surface area contributed by atoms with Gasteiger partial charge in [-0.25, -0.2) is 9.59 Å². The van der Waals surface area contributed by atoms with Gasteiger partial charge in [0.2, 0.25) is 0 Å². The Hall–Kier alpha value is -2.86. The molecule has 242 valence electrons. The molecular formula is C38H54O6. The fraction of sp³-hybridized carbons (Fsp3) is 0.632. The van der Waals surface area contributed by atoms with Crippen LogP contribution in [0.1, 0.15) is 103 Å². The molecule has 0 aromatic carbocycles. The standard InChI is InChI=1S/C38H54O6/c1-10-24(2)15-13-11-12-14-16-33(39)43-31-19-22-38(9)30-18-17-25(3)29(23-28-34(40)26(4)27(5)42-35(28)41)37(30,8)21-20-32(38)44-36(31,6)7/h11-16,24,29-32,40H,3,10,17-23H2,1-2,4-9H3/t24-,29-,30-,31+,32-,37-,38+/m1/s1. The summed E-state index contributed by atoms with van der Waals surface area (Å²) in [5.74, 6) is 1.03. The minimum absolute atomic E-state index is 0.0298. The highest BCUT2D eigenvalue weighted by atomic mass is 16.6. The second-order valence-electron chi connectivity index (χ2n) is 14.6. The van der Waals surface area contributed by atoms with E-state index in [-0.39, 0.29) is 40.7 Å². The molecule has 2 aliphatic carbocycles. The lowest BCUT2D eigenvalue weighted by Gasteiger charge is -2.61. The fourth-order valence-electron chi connectivity index (χ4n) is 8.29. The number of aryl methyl sites for hydroxylation is 1. The van der Waals surface area contributed by atoms with Crippen LogP contribution in [-0.4, -0.2) is 28.9 Å². The van der Waals surface area contributed by atoms with Gasteiger partial charge in [0.15, 0.2) is 0 Å². The predicted molar refractivity (Wildman–Crippen MR) is 176 cm³/mol. The molecule has 0 unspecified atom stereocenters. The summed E-state index contributed by atoms with van der Waals surface area (Å²) in [5, 5.41) is 10.9. The van der Waals surface area contributed by atoms with E-state index in [1.807, 2.05) is 32.1 Å². The van der Waals surface area contributed by atoms with Gasteiger partial charge in [0.25, 0.3) is 0 Å². The van der Waals surface area contributed by atoms with E-state index in [4.69, 9.17) is 13.9 Å². The van der Waals surface area contributed by atoms with Crippen LogP contribution in [0.3, 0.4) is 0 Å². The lowest BCUT2D eigenvalue weighted by atomic mass is 9.45. The number of esters is 1. The zero-order chi connectivity index (χ0) is 32.4. The zero-order valence-corrected chi connectivity index (χ0v) is 28.2. The minimum atomic E-state index is -0.629. The SMILES string of the molecule is C=C1CC[C@@H]2[C@](C)(CC[C@H]3OC(C)(C)[C@@H](OC(=O)C=CC=CC=C[C@H](C)CC)CC[C@@]23C)[C@@H]1Cc1c(O)c(C)c(C)oc1=O. The van der Waals surface area contributed by atoms with Crippen LogP contribution in [0.5, 0.6) is 5.75 Å². The van der Waals surface area contributed by atoms with Crippen LogP contribution >= 0.6 is 0 Å². The average Bonchev–Trinajstić information content (AvgIpc) is 3.05. The van der Waals surface area contributed by atoms with Gasteiger partial charge in [0, 0.05) is 11.6 Å². The molecule has 6 heteroatoms. The molecule has 2 heterocycles. The van der Waals surface area contributed by atoms with E-state index in [9.17, 15) is 14.7 Å². The van der Waals surface area contributed by atoms with Crippen molar-refractivity contribution in [1.29, 1.82) is 0 Å². The van der Waals surface area contributed by atoms with E-state index >= 15 is 0 Å². The molecule has 0 amide bonds. The Morgan fingerprint density at radius 3 is 2.45 bits per heavy atom. The minimum Gasteiger partial charge on any atom is -0.507 e. The van der Waals surface area contributed by atoms with E-state index in [1.165, 1.54) is 6.08 Å². The summed E-state index contributed by atoms with van der Waals surface area (Å²) < 4.78 is 18.4. The van der Waals surface area contributed by atoms with Crippen LogP contribution in [0.25, 0.3) is 0 Å². The summed E-state index contributed by atoms with van der Waals surface area (Å²) in [5.41, 5.74) is 0.759. The second kappa shape index (κ2) is 13.2. The Bertz CT molecular complexity index is 1380. The van der Waals surface area contributed by atoms with Gasteiger partial charge in [-0.15, -0.1) is 0 Å². The quantitative estimate of drug-likeness (QED) is 0.138. The molecule has 0 spiro atoms. The van der Waals surface area contributed by atoms with Gasteiger partial charge >= 0.3 is 11.6 Å². The lowest BCUT2D eigenvalue weighted by Crippen LogP contribution is -2.57. The molecule has 1 aliphatic heterocycles. The highest BCUT2D eigenvalue weighted by molar-refractivity contribution is 5.82. The van der Waals surface area contributed by atoms with Gasteiger partial charge in [-0.2, -0.15) is 0 Å². The van der Waals surface area contributed by atoms with E-state index in [2.05, 4.69) is 40.3 Å². The predicted octanol–water partition coefficient (Wildman–Crippen LogP) is 8.48. The van der Waals surface area contributed by atoms with Crippen LogP contribution in [0.2, 0.25) is 0 Å². The molecule has 7 atom stereocenters. The molecule has 3 fully saturated rings. The molecule has 1 aromatic heterocycles. The molecule has 1 N–H and O–H groups in total. The third kappa shape index (κ3) is 6.71. The van der Waals surface area contributed by atoms with Crippen LogP contribution < -0.4 is 5.63 Å². The van der Waals surface area contributed by atoms with Crippen LogP contribution in [0.15, 0.2) is 57.8 Å². The number of allylic oxidation sites excluding steroid dienone is 6. The number of carbonyl (C=O) groups is 1. The van der Waals surface area contributed by atoms with Gasteiger partial charge < -0.3 is 19.0 Å². The van der Waals surface area contributed by atoms with Crippen molar-refractivity contribution in [3.8, 4) is 5.75 Å².